The molecule has 0 heterocycles. The van der Waals surface area contributed by atoms with Crippen LogP contribution in [0, 0.1) is 5.92 Å². The molecule has 0 aromatic heterocycles. The zero-order valence-electron chi connectivity index (χ0n) is 15.9. The SMILES string of the molecule is COc1cc(C=CC(=O)CC(=O)C=CC2CC=C(O)C(OC(O)O)C2)ccc1O. The number of aliphatic hydroxyl groups excluding tert-OH is 2. The molecule has 156 valence electrons. The Kier molecular flexibility index (Phi) is 8.14. The van der Waals surface area contributed by atoms with Gasteiger partial charge in [-0.1, -0.05) is 18.2 Å². The van der Waals surface area contributed by atoms with Crippen LogP contribution in [0.4, 0.5) is 0 Å². The molecular formula is C21H24O8. The predicted molar refractivity (Wildman–Crippen MR) is 104 cm³/mol. The fraction of sp³-hybridized carbons (Fsp3) is 0.333. The van der Waals surface area contributed by atoms with E-state index in [1.54, 1.807) is 18.2 Å². The Balaban J connectivity index is 1.87. The van der Waals surface area contributed by atoms with Crippen molar-refractivity contribution in [3.05, 3.63) is 53.8 Å². The number of ketones is 2. The standard InChI is InChI=1S/C21H24O8/c1-28-19-10-13(4-8-17(19)24)2-6-15(22)12-16(23)7-3-14-5-9-18(25)20(11-14)29-21(26)27/h2-4,6-10,14,20-21,24-27H,5,11-12H2,1H3. The van der Waals surface area contributed by atoms with Crippen LogP contribution in [0.25, 0.3) is 6.08 Å². The van der Waals surface area contributed by atoms with Crippen molar-refractivity contribution in [2.45, 2.75) is 31.8 Å². The highest BCUT2D eigenvalue weighted by Gasteiger charge is 2.25. The lowest BCUT2D eigenvalue weighted by Crippen LogP contribution is -2.28. The van der Waals surface area contributed by atoms with E-state index in [1.807, 2.05) is 0 Å². The number of benzene rings is 1. The molecule has 0 radical (unpaired) electrons. The van der Waals surface area contributed by atoms with Crippen molar-refractivity contribution < 1.29 is 39.5 Å². The Labute approximate surface area is 168 Å². The van der Waals surface area contributed by atoms with Crippen molar-refractivity contribution in [1.82, 2.24) is 0 Å². The van der Waals surface area contributed by atoms with Gasteiger partial charge < -0.3 is 29.9 Å². The summed E-state index contributed by atoms with van der Waals surface area (Å²) in [5.74, 6) is -0.710. The Bertz CT molecular complexity index is 822. The van der Waals surface area contributed by atoms with Crippen LogP contribution >= 0.6 is 0 Å². The van der Waals surface area contributed by atoms with E-state index >= 15 is 0 Å². The van der Waals surface area contributed by atoms with Gasteiger partial charge in [-0.25, -0.2) is 0 Å². The molecule has 1 aromatic carbocycles. The molecule has 0 amide bonds. The predicted octanol–water partition coefficient (Wildman–Crippen LogP) is 2.00. The molecule has 0 saturated heterocycles. The maximum Gasteiger partial charge on any atom is 0.267 e. The van der Waals surface area contributed by atoms with Gasteiger partial charge in [-0.2, -0.15) is 0 Å². The molecule has 1 aliphatic carbocycles. The number of phenols is 1. The minimum Gasteiger partial charge on any atom is -0.510 e. The molecule has 0 bridgehead atoms. The molecule has 8 heteroatoms. The summed E-state index contributed by atoms with van der Waals surface area (Å²) in [6, 6.07) is 4.62. The van der Waals surface area contributed by atoms with Gasteiger partial charge in [0, 0.05) is 0 Å². The summed E-state index contributed by atoms with van der Waals surface area (Å²) < 4.78 is 9.78. The Morgan fingerprint density at radius 1 is 1.21 bits per heavy atom. The number of rotatable bonds is 9. The smallest absolute Gasteiger partial charge is 0.267 e. The quantitative estimate of drug-likeness (QED) is 0.279. The van der Waals surface area contributed by atoms with Crippen molar-refractivity contribution in [2.75, 3.05) is 7.11 Å². The minimum absolute atomic E-state index is 0.0108. The molecule has 2 rings (SSSR count). The molecule has 2 unspecified atom stereocenters. The Morgan fingerprint density at radius 2 is 1.93 bits per heavy atom. The number of aromatic hydroxyl groups is 1. The van der Waals surface area contributed by atoms with E-state index < -0.39 is 12.6 Å². The monoisotopic (exact) mass is 404 g/mol. The minimum atomic E-state index is -2.00. The van der Waals surface area contributed by atoms with Gasteiger partial charge in [0.1, 0.15) is 11.9 Å². The van der Waals surface area contributed by atoms with Crippen LogP contribution in [-0.4, -0.2) is 51.7 Å². The summed E-state index contributed by atoms with van der Waals surface area (Å²) in [7, 11) is 1.42. The Hall–Kier alpha value is -2.94. The van der Waals surface area contributed by atoms with E-state index in [0.717, 1.165) is 0 Å². The van der Waals surface area contributed by atoms with Gasteiger partial charge in [0.15, 0.2) is 23.1 Å². The average molecular weight is 404 g/mol. The lowest BCUT2D eigenvalue weighted by atomic mass is 9.90. The number of carbonyl (C=O) groups excluding carboxylic acids is 2. The molecule has 29 heavy (non-hydrogen) atoms. The molecule has 1 aliphatic rings. The second kappa shape index (κ2) is 10.6. The highest BCUT2D eigenvalue weighted by Crippen LogP contribution is 2.27. The first-order chi connectivity index (χ1) is 13.8. The molecule has 0 aliphatic heterocycles. The average Bonchev–Trinajstić information content (AvgIpc) is 2.67. The second-order valence-electron chi connectivity index (χ2n) is 6.54. The third kappa shape index (κ3) is 7.19. The summed E-state index contributed by atoms with van der Waals surface area (Å²) in [4.78, 5) is 24.0. The fourth-order valence-electron chi connectivity index (χ4n) is 2.84. The molecule has 0 fully saturated rings. The van der Waals surface area contributed by atoms with Gasteiger partial charge in [-0.05, 0) is 54.7 Å². The molecule has 8 nitrogen and oxygen atoms in total. The number of allylic oxidation sites excluding steroid dienone is 4. The first kappa shape index (κ1) is 22.4. The van der Waals surface area contributed by atoms with Crippen molar-refractivity contribution >= 4 is 17.6 Å². The number of hydrogen-bond donors (Lipinski definition) is 4. The van der Waals surface area contributed by atoms with E-state index in [2.05, 4.69) is 0 Å². The van der Waals surface area contributed by atoms with Crippen LogP contribution in [0.5, 0.6) is 11.5 Å². The third-order valence-corrected chi connectivity index (χ3v) is 4.33. The van der Waals surface area contributed by atoms with E-state index in [1.165, 1.54) is 37.5 Å². The summed E-state index contributed by atoms with van der Waals surface area (Å²) in [5.41, 5.74) is 0.641. The lowest BCUT2D eigenvalue weighted by molar-refractivity contribution is -0.256. The summed E-state index contributed by atoms with van der Waals surface area (Å²) in [6.45, 7) is -2.00. The van der Waals surface area contributed by atoms with E-state index in [9.17, 15) is 19.8 Å². The number of phenolic OH excluding ortho intramolecular Hbond substituents is 1. The van der Waals surface area contributed by atoms with Crippen molar-refractivity contribution in [3.8, 4) is 11.5 Å². The number of methoxy groups -OCH3 is 1. The van der Waals surface area contributed by atoms with Crippen LogP contribution in [0.3, 0.4) is 0 Å². The summed E-state index contributed by atoms with van der Waals surface area (Å²) in [6.07, 6.45) is 6.81. The molecule has 0 saturated carbocycles. The van der Waals surface area contributed by atoms with E-state index in [4.69, 9.17) is 19.7 Å². The summed E-state index contributed by atoms with van der Waals surface area (Å²) >= 11 is 0. The van der Waals surface area contributed by atoms with Gasteiger partial charge in [0.05, 0.1) is 13.5 Å². The Morgan fingerprint density at radius 3 is 2.62 bits per heavy atom. The third-order valence-electron chi connectivity index (χ3n) is 4.33. The van der Waals surface area contributed by atoms with Crippen molar-refractivity contribution in [2.24, 2.45) is 5.92 Å². The van der Waals surface area contributed by atoms with Crippen LogP contribution in [0.15, 0.2) is 48.3 Å². The maximum absolute atomic E-state index is 12.0. The largest absolute Gasteiger partial charge is 0.510 e. The van der Waals surface area contributed by atoms with Crippen LogP contribution in [0.2, 0.25) is 0 Å². The molecule has 0 spiro atoms. The zero-order valence-corrected chi connectivity index (χ0v) is 15.9. The number of aliphatic hydroxyl groups is 3. The maximum atomic E-state index is 12.0. The molecule has 2 atom stereocenters. The van der Waals surface area contributed by atoms with Crippen LogP contribution < -0.4 is 4.74 Å². The normalized spacial score (nSPS) is 19.7. The van der Waals surface area contributed by atoms with Crippen LogP contribution in [-0.2, 0) is 14.3 Å². The summed E-state index contributed by atoms with van der Waals surface area (Å²) in [5, 5.41) is 37.0. The first-order valence-electron chi connectivity index (χ1n) is 8.98. The van der Waals surface area contributed by atoms with Gasteiger partial charge in [0.2, 0.25) is 0 Å². The van der Waals surface area contributed by atoms with Crippen molar-refractivity contribution in [3.63, 3.8) is 0 Å². The molecule has 4 N–H and O–H groups in total. The fourth-order valence-corrected chi connectivity index (χ4v) is 2.84. The second-order valence-corrected chi connectivity index (χ2v) is 6.54. The highest BCUT2D eigenvalue weighted by molar-refractivity contribution is 6.09. The topological polar surface area (TPSA) is 134 Å². The molecular weight excluding hydrogens is 380 g/mol. The molecule has 1 aromatic rings. The highest BCUT2D eigenvalue weighted by atomic mass is 16.7. The number of carbonyl (C=O) groups is 2. The number of hydrogen-bond acceptors (Lipinski definition) is 8. The van der Waals surface area contributed by atoms with Crippen molar-refractivity contribution in [1.29, 1.82) is 0 Å². The lowest BCUT2D eigenvalue weighted by Gasteiger charge is -2.25. The van der Waals surface area contributed by atoms with Gasteiger partial charge in [0.25, 0.3) is 6.48 Å². The van der Waals surface area contributed by atoms with E-state index in [-0.39, 0.29) is 47.6 Å². The first-order valence-corrected chi connectivity index (χ1v) is 8.98. The van der Waals surface area contributed by atoms with Crippen LogP contribution in [0.1, 0.15) is 24.8 Å². The van der Waals surface area contributed by atoms with Gasteiger partial charge in [-0.3, -0.25) is 9.59 Å². The van der Waals surface area contributed by atoms with Gasteiger partial charge >= 0.3 is 0 Å². The zero-order chi connectivity index (χ0) is 21.4. The van der Waals surface area contributed by atoms with E-state index in [0.29, 0.717) is 12.0 Å². The number of ether oxygens (including phenoxy) is 2. The van der Waals surface area contributed by atoms with Gasteiger partial charge in [-0.15, -0.1) is 0 Å².